The number of carbonyl (C=O) groups excluding carboxylic acids is 2. The van der Waals surface area contributed by atoms with Gasteiger partial charge in [0, 0.05) is 29.1 Å². The van der Waals surface area contributed by atoms with Gasteiger partial charge in [0.2, 0.25) is 0 Å². The van der Waals surface area contributed by atoms with Crippen LogP contribution in [0.5, 0.6) is 0 Å². The van der Waals surface area contributed by atoms with Gasteiger partial charge in [-0.15, -0.1) is 0 Å². The number of carbonyl (C=O) groups is 2. The number of alkyl halides is 1. The fourth-order valence-corrected chi connectivity index (χ4v) is 3.20. The highest BCUT2D eigenvalue weighted by atomic mass is 79.9. The zero-order chi connectivity index (χ0) is 30.6. The number of rotatable bonds is 7. The maximum absolute atomic E-state index is 12.8. The van der Waals surface area contributed by atoms with Crippen LogP contribution < -0.4 is 10.6 Å². The van der Waals surface area contributed by atoms with E-state index in [0.29, 0.717) is 11.4 Å². The normalized spacial score (nSPS) is 13.3. The molecule has 12 nitrogen and oxygen atoms in total. The van der Waals surface area contributed by atoms with Gasteiger partial charge in [-0.3, -0.25) is 19.4 Å². The molecular formula is C24H25BrCl2F2N8O4. The second-order valence-corrected chi connectivity index (χ2v) is 9.93. The minimum Gasteiger partial charge on any atom is -0.379 e. The molecule has 0 aliphatic carbocycles. The first-order valence-corrected chi connectivity index (χ1v) is 13.3. The van der Waals surface area contributed by atoms with E-state index in [1.54, 1.807) is 6.07 Å². The van der Waals surface area contributed by atoms with Gasteiger partial charge in [0.15, 0.2) is 17.2 Å². The van der Waals surface area contributed by atoms with Crippen LogP contribution in [0.4, 0.5) is 20.2 Å². The predicted molar refractivity (Wildman–Crippen MR) is 152 cm³/mol. The standard InChI is InChI=1S/C12H12ClFN4O2.C9H10BrClN2O2.C3H3FN2/c1-12(20,7-18-6-8(14)5-16-18)11(19)17-9-2-3-15-10(13)4-9;1-9(15,5-10)8(14)13-6-2-3-12-7(11)4-6;4-3-1-5-6-2-3/h2-6,20H,7H2,1H3,(H,15,17,19);2-4,15H,5H2,1H3,(H,12,13,14);1-2H,(H,5,6)/t12-;9-;/m00./s1. The molecule has 2 amide bonds. The van der Waals surface area contributed by atoms with Crippen LogP contribution in [0, 0.1) is 11.6 Å². The van der Waals surface area contributed by atoms with Crippen molar-refractivity contribution in [3.05, 3.63) is 83.4 Å². The van der Waals surface area contributed by atoms with Crippen LogP contribution in [-0.4, -0.2) is 68.5 Å². The molecule has 0 saturated carbocycles. The van der Waals surface area contributed by atoms with E-state index in [0.717, 1.165) is 23.3 Å². The summed E-state index contributed by atoms with van der Waals surface area (Å²) in [5.41, 5.74) is -2.30. The van der Waals surface area contributed by atoms with Crippen molar-refractivity contribution >= 4 is 62.3 Å². The van der Waals surface area contributed by atoms with Crippen LogP contribution in [0.2, 0.25) is 10.3 Å². The average Bonchev–Trinajstić information content (AvgIpc) is 3.54. The third-order valence-corrected chi connectivity index (χ3v) is 6.25. The number of hydrogen-bond acceptors (Lipinski definition) is 8. The van der Waals surface area contributed by atoms with E-state index in [4.69, 9.17) is 23.2 Å². The van der Waals surface area contributed by atoms with E-state index in [1.807, 2.05) is 0 Å². The highest BCUT2D eigenvalue weighted by Gasteiger charge is 2.31. The molecule has 0 aliphatic heterocycles. The molecule has 0 saturated heterocycles. The summed E-state index contributed by atoms with van der Waals surface area (Å²) < 4.78 is 25.5. The fourth-order valence-electron chi connectivity index (χ4n) is 2.60. The zero-order valence-electron chi connectivity index (χ0n) is 21.5. The molecule has 4 heterocycles. The Morgan fingerprint density at radius 3 is 1.88 bits per heavy atom. The van der Waals surface area contributed by atoms with Crippen molar-refractivity contribution < 1.29 is 28.6 Å². The average molecular weight is 678 g/mol. The smallest absolute Gasteiger partial charge is 0.257 e. The third-order valence-electron chi connectivity index (χ3n) is 4.74. The molecule has 0 aromatic carbocycles. The maximum atomic E-state index is 12.8. The van der Waals surface area contributed by atoms with E-state index in [1.165, 1.54) is 50.6 Å². The summed E-state index contributed by atoms with van der Waals surface area (Å²) in [5, 5.41) is 34.7. The number of H-pyrrole nitrogens is 1. The molecule has 4 aromatic heterocycles. The number of aromatic amines is 1. The lowest BCUT2D eigenvalue weighted by Gasteiger charge is -2.22. The van der Waals surface area contributed by atoms with Crippen molar-refractivity contribution in [1.29, 1.82) is 0 Å². The summed E-state index contributed by atoms with van der Waals surface area (Å²) in [5.74, 6) is -2.02. The molecule has 220 valence electrons. The Morgan fingerprint density at radius 1 is 0.976 bits per heavy atom. The van der Waals surface area contributed by atoms with Gasteiger partial charge < -0.3 is 20.8 Å². The summed E-state index contributed by atoms with van der Waals surface area (Å²) in [6.45, 7) is 2.55. The molecular weight excluding hydrogens is 653 g/mol. The van der Waals surface area contributed by atoms with E-state index < -0.39 is 28.8 Å². The molecule has 0 fully saturated rings. The van der Waals surface area contributed by atoms with Crippen molar-refractivity contribution in [2.75, 3.05) is 16.0 Å². The number of aliphatic hydroxyl groups is 2. The SMILES string of the molecule is C[C@](O)(CBr)C(=O)Nc1ccnc(Cl)c1.C[C@](O)(Cn1cc(F)cn1)C(=O)Nc1ccnc(Cl)c1.Fc1cn[nH]c1. The fraction of sp³-hybridized carbons (Fsp3) is 0.250. The van der Waals surface area contributed by atoms with Crippen molar-refractivity contribution in [3.8, 4) is 0 Å². The highest BCUT2D eigenvalue weighted by molar-refractivity contribution is 9.09. The highest BCUT2D eigenvalue weighted by Crippen LogP contribution is 2.17. The van der Waals surface area contributed by atoms with Crippen molar-refractivity contribution in [2.45, 2.75) is 31.6 Å². The van der Waals surface area contributed by atoms with Gasteiger partial charge in [-0.25, -0.2) is 18.7 Å². The number of anilines is 2. The van der Waals surface area contributed by atoms with Gasteiger partial charge in [0.05, 0.1) is 31.3 Å². The summed E-state index contributed by atoms with van der Waals surface area (Å²) in [4.78, 5) is 31.1. The number of aromatic nitrogens is 6. The van der Waals surface area contributed by atoms with Crippen LogP contribution in [0.25, 0.3) is 0 Å². The number of amides is 2. The van der Waals surface area contributed by atoms with E-state index >= 15 is 0 Å². The Balaban J connectivity index is 0.000000245. The molecule has 5 N–H and O–H groups in total. The Bertz CT molecular complexity index is 1420. The molecule has 0 unspecified atom stereocenters. The van der Waals surface area contributed by atoms with Crippen molar-refractivity contribution in [2.24, 2.45) is 0 Å². The Morgan fingerprint density at radius 2 is 1.51 bits per heavy atom. The largest absolute Gasteiger partial charge is 0.379 e. The minimum atomic E-state index is -1.76. The molecule has 4 rings (SSSR count). The van der Waals surface area contributed by atoms with Crippen LogP contribution in [0.15, 0.2) is 61.4 Å². The monoisotopic (exact) mass is 676 g/mol. The minimum absolute atomic E-state index is 0.157. The first-order chi connectivity index (χ1) is 19.2. The van der Waals surface area contributed by atoms with E-state index in [2.05, 4.69) is 51.8 Å². The van der Waals surface area contributed by atoms with Crippen molar-refractivity contribution in [3.63, 3.8) is 0 Å². The zero-order valence-corrected chi connectivity index (χ0v) is 24.6. The predicted octanol–water partition coefficient (Wildman–Crippen LogP) is 3.83. The van der Waals surface area contributed by atoms with Gasteiger partial charge in [-0.1, -0.05) is 39.1 Å². The second-order valence-electron chi connectivity index (χ2n) is 8.60. The number of pyridine rings is 2. The number of nitrogens with one attached hydrogen (secondary N) is 3. The Hall–Kier alpha value is -3.50. The molecule has 0 radical (unpaired) electrons. The van der Waals surface area contributed by atoms with Crippen LogP contribution >= 0.6 is 39.1 Å². The summed E-state index contributed by atoms with van der Waals surface area (Å²) in [7, 11) is 0. The van der Waals surface area contributed by atoms with Gasteiger partial charge >= 0.3 is 0 Å². The quantitative estimate of drug-likeness (QED) is 0.145. The van der Waals surface area contributed by atoms with Crippen molar-refractivity contribution in [1.82, 2.24) is 29.9 Å². The molecule has 0 spiro atoms. The molecule has 2 atom stereocenters. The van der Waals surface area contributed by atoms with Gasteiger partial charge in [-0.05, 0) is 38.1 Å². The summed E-state index contributed by atoms with van der Waals surface area (Å²) in [6, 6.07) is 6.08. The first-order valence-electron chi connectivity index (χ1n) is 11.4. The van der Waals surface area contributed by atoms with Crippen LogP contribution in [0.1, 0.15) is 13.8 Å². The van der Waals surface area contributed by atoms with Crippen LogP contribution in [0.3, 0.4) is 0 Å². The lowest BCUT2D eigenvalue weighted by atomic mass is 10.1. The number of halogens is 5. The number of hydrogen-bond donors (Lipinski definition) is 5. The Labute approximate surface area is 251 Å². The second kappa shape index (κ2) is 15.5. The summed E-state index contributed by atoms with van der Waals surface area (Å²) in [6.07, 6.45) is 7.28. The summed E-state index contributed by atoms with van der Waals surface area (Å²) >= 11 is 14.4. The number of nitrogens with zero attached hydrogens (tertiary/aromatic N) is 5. The molecule has 0 aliphatic rings. The lowest BCUT2D eigenvalue weighted by Crippen LogP contribution is -2.43. The topological polar surface area (TPSA) is 171 Å². The van der Waals surface area contributed by atoms with Gasteiger partial charge in [0.25, 0.3) is 11.8 Å². The molecule has 17 heteroatoms. The van der Waals surface area contributed by atoms with E-state index in [-0.39, 0.29) is 28.0 Å². The Kier molecular flexibility index (Phi) is 12.7. The maximum Gasteiger partial charge on any atom is 0.257 e. The van der Waals surface area contributed by atoms with Gasteiger partial charge in [-0.2, -0.15) is 10.2 Å². The van der Waals surface area contributed by atoms with Crippen LogP contribution in [-0.2, 0) is 16.1 Å². The third kappa shape index (κ3) is 11.9. The molecule has 41 heavy (non-hydrogen) atoms. The van der Waals surface area contributed by atoms with E-state index in [9.17, 15) is 28.6 Å². The molecule has 0 bridgehead atoms. The molecule has 4 aromatic rings. The first kappa shape index (κ1) is 33.7. The van der Waals surface area contributed by atoms with Gasteiger partial charge in [0.1, 0.15) is 15.9 Å². The lowest BCUT2D eigenvalue weighted by molar-refractivity contribution is -0.133.